The lowest BCUT2D eigenvalue weighted by molar-refractivity contribution is -0.131. The molecule has 0 radical (unpaired) electrons. The topological polar surface area (TPSA) is 35.6 Å². The molecule has 1 fully saturated rings. The Morgan fingerprint density at radius 2 is 1.83 bits per heavy atom. The maximum Gasteiger partial charge on any atom is 0.241 e. The third-order valence-electron chi connectivity index (χ3n) is 3.95. The van der Waals surface area contributed by atoms with Crippen LogP contribution in [0.1, 0.15) is 4.88 Å². The minimum absolute atomic E-state index is 0.173. The Balaban J connectivity index is 1.42. The van der Waals surface area contributed by atoms with E-state index in [9.17, 15) is 4.79 Å². The van der Waals surface area contributed by atoms with Crippen LogP contribution >= 0.6 is 27.3 Å². The first-order valence-corrected chi connectivity index (χ1v) is 9.35. The van der Waals surface area contributed by atoms with Gasteiger partial charge in [0.05, 0.1) is 10.3 Å². The van der Waals surface area contributed by atoms with Crippen LogP contribution in [0, 0.1) is 0 Å². The van der Waals surface area contributed by atoms with E-state index in [2.05, 4.69) is 38.3 Å². The molecule has 1 N–H and O–H groups in total. The largest absolute Gasteiger partial charge is 0.376 e. The number of halogens is 1. The average Bonchev–Trinajstić information content (AvgIpc) is 2.99. The van der Waals surface area contributed by atoms with Gasteiger partial charge in [-0.3, -0.25) is 9.69 Å². The highest BCUT2D eigenvalue weighted by Gasteiger charge is 2.21. The molecule has 4 nitrogen and oxygen atoms in total. The first-order valence-electron chi connectivity index (χ1n) is 7.74. The quantitative estimate of drug-likeness (QED) is 0.846. The number of thiophene rings is 1. The van der Waals surface area contributed by atoms with Crippen molar-refractivity contribution >= 4 is 38.9 Å². The Bertz CT molecular complexity index is 638. The minimum atomic E-state index is 0.173. The van der Waals surface area contributed by atoms with Crippen molar-refractivity contribution < 1.29 is 4.79 Å². The van der Waals surface area contributed by atoms with Crippen LogP contribution in [0.3, 0.4) is 0 Å². The van der Waals surface area contributed by atoms with Crippen LogP contribution in [0.2, 0.25) is 0 Å². The summed E-state index contributed by atoms with van der Waals surface area (Å²) >= 11 is 5.28. The number of benzene rings is 1. The molecule has 0 atom stereocenters. The maximum atomic E-state index is 12.3. The number of carbonyl (C=O) groups is 1. The smallest absolute Gasteiger partial charge is 0.241 e. The summed E-state index contributed by atoms with van der Waals surface area (Å²) < 4.78 is 1.17. The lowest BCUT2D eigenvalue weighted by Gasteiger charge is -2.34. The molecule has 0 unspecified atom stereocenters. The van der Waals surface area contributed by atoms with E-state index in [0.29, 0.717) is 6.54 Å². The van der Waals surface area contributed by atoms with Gasteiger partial charge in [0.15, 0.2) is 0 Å². The van der Waals surface area contributed by atoms with Crippen molar-refractivity contribution in [2.75, 3.05) is 38.0 Å². The molecule has 2 aromatic rings. The number of anilines is 1. The second-order valence-corrected chi connectivity index (χ2v) is 8.13. The second-order valence-electron chi connectivity index (χ2n) is 5.58. The maximum absolute atomic E-state index is 12.3. The highest BCUT2D eigenvalue weighted by molar-refractivity contribution is 9.11. The Morgan fingerprint density at radius 1 is 1.09 bits per heavy atom. The molecular weight excluding hydrogens is 374 g/mol. The first kappa shape index (κ1) is 16.5. The molecule has 1 saturated heterocycles. The predicted molar refractivity (Wildman–Crippen MR) is 98.8 cm³/mol. The number of hydrogen-bond donors (Lipinski definition) is 1. The molecule has 122 valence electrons. The van der Waals surface area contributed by atoms with Gasteiger partial charge in [0, 0.05) is 43.3 Å². The zero-order valence-electron chi connectivity index (χ0n) is 12.9. The van der Waals surface area contributed by atoms with Crippen molar-refractivity contribution in [3.8, 4) is 0 Å². The molecule has 6 heteroatoms. The SMILES string of the molecule is O=C(CNc1ccccc1)N1CCN(Cc2ccc(Br)s2)CC1. The summed E-state index contributed by atoms with van der Waals surface area (Å²) in [5, 5.41) is 3.19. The molecule has 0 aliphatic carbocycles. The predicted octanol–water partition coefficient (Wildman–Crippen LogP) is 3.27. The van der Waals surface area contributed by atoms with Crippen LogP contribution in [0.4, 0.5) is 5.69 Å². The minimum Gasteiger partial charge on any atom is -0.376 e. The molecule has 2 heterocycles. The van der Waals surface area contributed by atoms with Gasteiger partial charge in [-0.2, -0.15) is 0 Å². The van der Waals surface area contributed by atoms with Crippen LogP contribution < -0.4 is 5.32 Å². The number of piperazine rings is 1. The van der Waals surface area contributed by atoms with Gasteiger partial charge in [-0.25, -0.2) is 0 Å². The molecule has 1 amide bonds. The second kappa shape index (κ2) is 7.95. The summed E-state index contributed by atoms with van der Waals surface area (Å²) in [4.78, 5) is 18.0. The number of hydrogen-bond acceptors (Lipinski definition) is 4. The molecule has 1 aromatic carbocycles. The van der Waals surface area contributed by atoms with E-state index >= 15 is 0 Å². The number of nitrogens with one attached hydrogen (secondary N) is 1. The highest BCUT2D eigenvalue weighted by atomic mass is 79.9. The third-order valence-corrected chi connectivity index (χ3v) is 5.56. The van der Waals surface area contributed by atoms with E-state index in [0.717, 1.165) is 38.4 Å². The van der Waals surface area contributed by atoms with Crippen molar-refractivity contribution in [1.29, 1.82) is 0 Å². The molecule has 1 aromatic heterocycles. The Hall–Kier alpha value is -1.37. The molecule has 1 aliphatic rings. The summed E-state index contributed by atoms with van der Waals surface area (Å²) in [5.41, 5.74) is 0.989. The van der Waals surface area contributed by atoms with Crippen LogP contribution in [0.15, 0.2) is 46.3 Å². The average molecular weight is 394 g/mol. The highest BCUT2D eigenvalue weighted by Crippen LogP contribution is 2.23. The van der Waals surface area contributed by atoms with E-state index in [1.165, 1.54) is 8.66 Å². The number of amides is 1. The fourth-order valence-electron chi connectivity index (χ4n) is 2.66. The van der Waals surface area contributed by atoms with Crippen molar-refractivity contribution in [2.45, 2.75) is 6.54 Å². The van der Waals surface area contributed by atoms with Crippen molar-refractivity contribution in [2.24, 2.45) is 0 Å². The van der Waals surface area contributed by atoms with E-state index in [4.69, 9.17) is 0 Å². The summed E-state index contributed by atoms with van der Waals surface area (Å²) in [5.74, 6) is 0.173. The zero-order chi connectivity index (χ0) is 16.1. The molecule has 0 saturated carbocycles. The van der Waals surface area contributed by atoms with Crippen molar-refractivity contribution in [1.82, 2.24) is 9.80 Å². The molecular formula is C17H20BrN3OS. The van der Waals surface area contributed by atoms with Gasteiger partial charge in [-0.15, -0.1) is 11.3 Å². The van der Waals surface area contributed by atoms with Crippen molar-refractivity contribution in [3.05, 3.63) is 51.1 Å². The Morgan fingerprint density at radius 3 is 2.48 bits per heavy atom. The fourth-order valence-corrected chi connectivity index (χ4v) is 4.18. The van der Waals surface area contributed by atoms with E-state index in [1.54, 1.807) is 11.3 Å². The lowest BCUT2D eigenvalue weighted by atomic mass is 10.3. The molecule has 1 aliphatic heterocycles. The number of nitrogens with zero attached hydrogens (tertiary/aromatic N) is 2. The normalized spacial score (nSPS) is 15.6. The van der Waals surface area contributed by atoms with Gasteiger partial charge in [-0.05, 0) is 40.2 Å². The van der Waals surface area contributed by atoms with Gasteiger partial charge < -0.3 is 10.2 Å². The van der Waals surface area contributed by atoms with Gasteiger partial charge in [-0.1, -0.05) is 18.2 Å². The van der Waals surface area contributed by atoms with Gasteiger partial charge >= 0.3 is 0 Å². The fraction of sp³-hybridized carbons (Fsp3) is 0.353. The summed E-state index contributed by atoms with van der Waals surface area (Å²) in [7, 11) is 0. The van der Waals surface area contributed by atoms with E-state index in [1.807, 2.05) is 35.2 Å². The lowest BCUT2D eigenvalue weighted by Crippen LogP contribution is -2.49. The monoisotopic (exact) mass is 393 g/mol. The van der Waals surface area contributed by atoms with Gasteiger partial charge in [0.1, 0.15) is 0 Å². The van der Waals surface area contributed by atoms with Crippen molar-refractivity contribution in [3.63, 3.8) is 0 Å². The van der Waals surface area contributed by atoms with Crippen LogP contribution in [0.5, 0.6) is 0 Å². The summed E-state index contributed by atoms with van der Waals surface area (Å²) in [6.07, 6.45) is 0. The number of para-hydroxylation sites is 1. The number of carbonyl (C=O) groups excluding carboxylic acids is 1. The third kappa shape index (κ3) is 4.80. The first-order chi connectivity index (χ1) is 11.2. The number of rotatable bonds is 5. The molecule has 0 spiro atoms. The molecule has 23 heavy (non-hydrogen) atoms. The van der Waals surface area contributed by atoms with Gasteiger partial charge in [0.25, 0.3) is 0 Å². The Kier molecular flexibility index (Phi) is 5.70. The van der Waals surface area contributed by atoms with E-state index < -0.39 is 0 Å². The summed E-state index contributed by atoms with van der Waals surface area (Å²) in [6, 6.07) is 14.1. The van der Waals surface area contributed by atoms with Gasteiger partial charge in [0.2, 0.25) is 5.91 Å². The molecule has 0 bridgehead atoms. The van der Waals surface area contributed by atoms with Crippen LogP contribution in [0.25, 0.3) is 0 Å². The zero-order valence-corrected chi connectivity index (χ0v) is 15.3. The van der Waals surface area contributed by atoms with E-state index in [-0.39, 0.29) is 5.91 Å². The summed E-state index contributed by atoms with van der Waals surface area (Å²) in [6.45, 7) is 4.82. The molecule has 3 rings (SSSR count). The standard InChI is InChI=1S/C17H20BrN3OS/c18-16-7-6-15(23-16)13-20-8-10-21(11-9-20)17(22)12-19-14-4-2-1-3-5-14/h1-7,19H,8-13H2. The Labute approximate surface area is 149 Å². The van der Waals surface area contributed by atoms with Crippen LogP contribution in [-0.4, -0.2) is 48.4 Å². The van der Waals surface area contributed by atoms with Crippen LogP contribution in [-0.2, 0) is 11.3 Å².